The molecule has 0 unspecified atom stereocenters. The molecule has 0 saturated heterocycles. The van der Waals surface area contributed by atoms with Crippen molar-refractivity contribution in [3.8, 4) is 0 Å². The van der Waals surface area contributed by atoms with Crippen molar-refractivity contribution in [3.63, 3.8) is 0 Å². The van der Waals surface area contributed by atoms with Crippen molar-refractivity contribution in [1.82, 2.24) is 0 Å². The van der Waals surface area contributed by atoms with Gasteiger partial charge in [0.15, 0.2) is 0 Å². The van der Waals surface area contributed by atoms with Gasteiger partial charge in [0.2, 0.25) is 0 Å². The third-order valence-electron chi connectivity index (χ3n) is 2.93. The van der Waals surface area contributed by atoms with E-state index < -0.39 is 8.93 Å². The molecule has 0 aromatic heterocycles. The summed E-state index contributed by atoms with van der Waals surface area (Å²) in [6, 6.07) is 0. The third kappa shape index (κ3) is 3.05. The lowest BCUT2D eigenvalue weighted by atomic mass is 9.89. The van der Waals surface area contributed by atoms with Crippen molar-refractivity contribution in [2.45, 2.75) is 46.1 Å². The Morgan fingerprint density at radius 2 is 1.75 bits per heavy atom. The lowest BCUT2D eigenvalue weighted by Crippen LogP contribution is -2.22. The van der Waals surface area contributed by atoms with Crippen LogP contribution in [0.2, 0.25) is 5.54 Å². The largest absolute Gasteiger partial charge is 0.539 e. The summed E-state index contributed by atoms with van der Waals surface area (Å²) in [5, 5.41) is 0. The Bertz CT molecular complexity index is 147. The molecule has 0 saturated carbocycles. The summed E-state index contributed by atoms with van der Waals surface area (Å²) in [6.07, 6.45) is 1.91. The molecule has 12 heavy (non-hydrogen) atoms. The van der Waals surface area contributed by atoms with E-state index in [0.717, 1.165) is 12.8 Å². The molecule has 3 heteroatoms. The van der Waals surface area contributed by atoms with E-state index in [1.807, 2.05) is 6.92 Å². The van der Waals surface area contributed by atoms with Crippen LogP contribution in [0.15, 0.2) is 0 Å². The van der Waals surface area contributed by atoms with E-state index in [1.54, 1.807) is 0 Å². The number of rotatable bonds is 5. The lowest BCUT2D eigenvalue weighted by Gasteiger charge is -2.23. The highest BCUT2D eigenvalue weighted by Crippen LogP contribution is 2.29. The first-order chi connectivity index (χ1) is 5.54. The van der Waals surface area contributed by atoms with Crippen LogP contribution in [0, 0.1) is 11.8 Å². The van der Waals surface area contributed by atoms with Crippen LogP contribution in [-0.2, 0) is 4.46 Å². The van der Waals surface area contributed by atoms with Gasteiger partial charge in [-0.05, 0) is 18.3 Å². The second kappa shape index (κ2) is 5.46. The van der Waals surface area contributed by atoms with E-state index >= 15 is 0 Å². The predicted octanol–water partition coefficient (Wildman–Crippen LogP) is 2.36. The summed E-state index contributed by atoms with van der Waals surface area (Å²) in [4.78, 5) is 9.07. The van der Waals surface area contributed by atoms with Crippen molar-refractivity contribution in [2.75, 3.05) is 0 Å². The molecule has 2 nitrogen and oxygen atoms in total. The fourth-order valence-corrected chi connectivity index (χ4v) is 2.67. The zero-order chi connectivity index (χ0) is 9.72. The normalized spacial score (nSPS) is 18.3. The SMILES string of the molecule is CC[C@@H](C)[C@@H](C)[C@H](CC)[Si](=O)O. The van der Waals surface area contributed by atoms with Crippen LogP contribution < -0.4 is 0 Å². The topological polar surface area (TPSA) is 37.3 Å². The van der Waals surface area contributed by atoms with Crippen molar-refractivity contribution < 1.29 is 9.26 Å². The summed E-state index contributed by atoms with van der Waals surface area (Å²) in [7, 11) is -2.33. The Hall–Kier alpha value is -0.183. The van der Waals surface area contributed by atoms with Crippen LogP contribution in [0.3, 0.4) is 0 Å². The summed E-state index contributed by atoms with van der Waals surface area (Å²) in [5.41, 5.74) is 0.0185. The molecule has 0 fully saturated rings. The summed E-state index contributed by atoms with van der Waals surface area (Å²) in [5.74, 6) is 0.924. The zero-order valence-electron chi connectivity index (χ0n) is 8.50. The summed E-state index contributed by atoms with van der Waals surface area (Å²) in [6.45, 7) is 8.35. The highest BCUT2D eigenvalue weighted by molar-refractivity contribution is 6.35. The Labute approximate surface area is 76.8 Å². The molecule has 0 aliphatic carbocycles. The van der Waals surface area contributed by atoms with Crippen molar-refractivity contribution in [2.24, 2.45) is 11.8 Å². The predicted molar refractivity (Wildman–Crippen MR) is 51.3 cm³/mol. The molecular formula is C9H20O2Si. The molecule has 0 rings (SSSR count). The van der Waals surface area contributed by atoms with Gasteiger partial charge in [-0.1, -0.05) is 34.1 Å². The van der Waals surface area contributed by atoms with Gasteiger partial charge in [-0.15, -0.1) is 0 Å². The summed E-state index contributed by atoms with van der Waals surface area (Å²) >= 11 is 0. The van der Waals surface area contributed by atoms with Gasteiger partial charge in [0.1, 0.15) is 0 Å². The molecule has 0 aromatic carbocycles. The zero-order valence-corrected chi connectivity index (χ0v) is 9.50. The molecule has 0 heterocycles. The second-order valence-corrected chi connectivity index (χ2v) is 5.02. The molecule has 0 aliphatic rings. The molecule has 0 amide bonds. The van der Waals surface area contributed by atoms with E-state index in [4.69, 9.17) is 4.80 Å². The van der Waals surface area contributed by atoms with E-state index in [2.05, 4.69) is 20.8 Å². The maximum absolute atomic E-state index is 11.0. The molecule has 72 valence electrons. The van der Waals surface area contributed by atoms with E-state index in [-0.39, 0.29) is 5.54 Å². The molecule has 0 aliphatic heterocycles. The average molecular weight is 188 g/mol. The van der Waals surface area contributed by atoms with Gasteiger partial charge in [0.25, 0.3) is 0 Å². The monoisotopic (exact) mass is 188 g/mol. The summed E-state index contributed by atoms with van der Waals surface area (Å²) < 4.78 is 11.0. The van der Waals surface area contributed by atoms with E-state index in [9.17, 15) is 4.46 Å². The first-order valence-electron chi connectivity index (χ1n) is 4.77. The molecule has 0 aromatic rings. The first-order valence-corrected chi connectivity index (χ1v) is 6.20. The minimum atomic E-state index is -2.33. The number of hydrogen-bond donors (Lipinski definition) is 1. The minimum Gasteiger partial charge on any atom is -0.539 e. The molecule has 0 spiro atoms. The highest BCUT2D eigenvalue weighted by Gasteiger charge is 2.28. The second-order valence-electron chi connectivity index (χ2n) is 3.60. The van der Waals surface area contributed by atoms with Crippen molar-refractivity contribution in [1.29, 1.82) is 0 Å². The fourth-order valence-electron chi connectivity index (χ4n) is 1.54. The number of hydrogen-bond acceptors (Lipinski definition) is 1. The van der Waals surface area contributed by atoms with Crippen LogP contribution >= 0.6 is 0 Å². The first kappa shape index (κ1) is 11.8. The van der Waals surface area contributed by atoms with Crippen LogP contribution in [0.4, 0.5) is 0 Å². The van der Waals surface area contributed by atoms with Gasteiger partial charge >= 0.3 is 8.93 Å². The minimum absolute atomic E-state index is 0.0185. The lowest BCUT2D eigenvalue weighted by molar-refractivity contribution is 0.313. The van der Waals surface area contributed by atoms with E-state index in [1.165, 1.54) is 0 Å². The third-order valence-corrected chi connectivity index (χ3v) is 4.50. The van der Waals surface area contributed by atoms with Gasteiger partial charge in [0, 0.05) is 5.54 Å². The van der Waals surface area contributed by atoms with Gasteiger partial charge < -0.3 is 9.26 Å². The Morgan fingerprint density at radius 1 is 1.25 bits per heavy atom. The van der Waals surface area contributed by atoms with Crippen molar-refractivity contribution in [3.05, 3.63) is 0 Å². The Balaban J connectivity index is 4.20. The molecule has 3 atom stereocenters. The molecule has 0 bridgehead atoms. The van der Waals surface area contributed by atoms with Crippen LogP contribution in [0.1, 0.15) is 40.5 Å². The standard InChI is InChI=1S/C9H20O2Si/c1-5-7(3)8(4)9(6-2)12(10)11/h7-10H,5-6H2,1-4H3/t7-,8-,9+/m1/s1. The quantitative estimate of drug-likeness (QED) is 0.672. The smallest absolute Gasteiger partial charge is 0.503 e. The van der Waals surface area contributed by atoms with Crippen LogP contribution in [0.25, 0.3) is 0 Å². The van der Waals surface area contributed by atoms with E-state index in [0.29, 0.717) is 11.8 Å². The Kier molecular flexibility index (Phi) is 5.38. The van der Waals surface area contributed by atoms with Gasteiger partial charge in [-0.25, -0.2) is 0 Å². The molecule has 1 N–H and O–H groups in total. The Morgan fingerprint density at radius 3 is 2.00 bits per heavy atom. The molecular weight excluding hydrogens is 168 g/mol. The van der Waals surface area contributed by atoms with Crippen LogP contribution in [0.5, 0.6) is 0 Å². The van der Waals surface area contributed by atoms with Gasteiger partial charge in [-0.2, -0.15) is 0 Å². The maximum atomic E-state index is 11.0. The van der Waals surface area contributed by atoms with Gasteiger partial charge in [0.05, 0.1) is 0 Å². The molecule has 0 radical (unpaired) electrons. The fraction of sp³-hybridized carbons (Fsp3) is 1.00. The maximum Gasteiger partial charge on any atom is 0.503 e. The highest BCUT2D eigenvalue weighted by atomic mass is 28.3. The van der Waals surface area contributed by atoms with Gasteiger partial charge in [-0.3, -0.25) is 0 Å². The average Bonchev–Trinajstić information content (AvgIpc) is 2.03. The van der Waals surface area contributed by atoms with Crippen LogP contribution in [-0.4, -0.2) is 13.7 Å². The van der Waals surface area contributed by atoms with Crippen molar-refractivity contribution >= 4 is 8.93 Å².